The van der Waals surface area contributed by atoms with Gasteiger partial charge in [0.1, 0.15) is 5.76 Å². The molecule has 4 heteroatoms. The van der Waals surface area contributed by atoms with Gasteiger partial charge in [-0.2, -0.15) is 0 Å². The molecule has 0 heterocycles. The molecule has 0 fully saturated rings. The van der Waals surface area contributed by atoms with Crippen molar-refractivity contribution in [1.82, 2.24) is 0 Å². The average molecular weight is 392 g/mol. The summed E-state index contributed by atoms with van der Waals surface area (Å²) in [7, 11) is 0. The third-order valence-electron chi connectivity index (χ3n) is 5.84. The number of ether oxygens (including phenoxy) is 1. The minimum absolute atomic E-state index is 0.0828. The van der Waals surface area contributed by atoms with Crippen molar-refractivity contribution in [1.29, 1.82) is 0 Å². The lowest BCUT2D eigenvalue weighted by Gasteiger charge is -2.42. The summed E-state index contributed by atoms with van der Waals surface area (Å²) in [6.45, 7) is 10.5. The number of fused-ring (bicyclic) bond motifs is 1. The van der Waals surface area contributed by atoms with Crippen LogP contribution in [0.2, 0.25) is 0 Å². The van der Waals surface area contributed by atoms with Crippen LogP contribution in [0.4, 0.5) is 0 Å². The Kier molecular flexibility index (Phi) is 5.40. The standard InChI is InChI=1S/C25H28O4/c1-16(26)29-22(18-7-9-19(10-8-18)23(27)28)15-17-6-11-20-21(14-17)25(4,5)13-12-24(20,2)3/h6-11,14-15H,12-13H2,1-5H3,(H,27,28)/b22-15-. The SMILES string of the molecule is CC(=O)O/C(=C\c1ccc2c(c1)C(C)(C)CCC2(C)C)c1ccc(C(=O)O)cc1. The lowest BCUT2D eigenvalue weighted by atomic mass is 9.63. The molecule has 0 spiro atoms. The fourth-order valence-electron chi connectivity index (χ4n) is 3.95. The molecule has 152 valence electrons. The molecule has 2 aromatic carbocycles. The number of rotatable bonds is 4. The molecule has 0 amide bonds. The van der Waals surface area contributed by atoms with Gasteiger partial charge in [-0.15, -0.1) is 0 Å². The third kappa shape index (κ3) is 4.42. The van der Waals surface area contributed by atoms with Crippen LogP contribution in [0.5, 0.6) is 0 Å². The Balaban J connectivity index is 2.06. The fraction of sp³-hybridized carbons (Fsp3) is 0.360. The molecule has 1 N–H and O–H groups in total. The zero-order valence-corrected chi connectivity index (χ0v) is 17.7. The van der Waals surface area contributed by atoms with E-state index in [1.54, 1.807) is 12.1 Å². The summed E-state index contributed by atoms with van der Waals surface area (Å²) in [6.07, 6.45) is 4.11. The summed E-state index contributed by atoms with van der Waals surface area (Å²) in [5, 5.41) is 9.10. The normalized spacial score (nSPS) is 17.3. The van der Waals surface area contributed by atoms with E-state index in [0.29, 0.717) is 11.3 Å². The summed E-state index contributed by atoms with van der Waals surface area (Å²) in [4.78, 5) is 22.8. The number of carbonyl (C=O) groups is 2. The fourth-order valence-corrected chi connectivity index (χ4v) is 3.95. The lowest BCUT2D eigenvalue weighted by Crippen LogP contribution is -2.33. The molecular weight excluding hydrogens is 364 g/mol. The highest BCUT2D eigenvalue weighted by Gasteiger charge is 2.36. The highest BCUT2D eigenvalue weighted by atomic mass is 16.5. The molecule has 2 aromatic rings. The molecule has 0 aromatic heterocycles. The Morgan fingerprint density at radius 3 is 2.00 bits per heavy atom. The molecule has 1 aliphatic carbocycles. The average Bonchev–Trinajstić information content (AvgIpc) is 2.65. The van der Waals surface area contributed by atoms with Gasteiger partial charge in [-0.25, -0.2) is 4.79 Å². The van der Waals surface area contributed by atoms with E-state index in [-0.39, 0.29) is 16.4 Å². The van der Waals surface area contributed by atoms with Gasteiger partial charge in [0, 0.05) is 12.5 Å². The van der Waals surface area contributed by atoms with Gasteiger partial charge in [0.05, 0.1) is 5.56 Å². The van der Waals surface area contributed by atoms with Crippen LogP contribution in [-0.2, 0) is 20.4 Å². The first-order chi connectivity index (χ1) is 13.5. The van der Waals surface area contributed by atoms with Crippen LogP contribution in [0.15, 0.2) is 42.5 Å². The molecule has 4 nitrogen and oxygen atoms in total. The molecule has 0 saturated heterocycles. The van der Waals surface area contributed by atoms with Gasteiger partial charge < -0.3 is 9.84 Å². The maximum atomic E-state index is 11.7. The quantitative estimate of drug-likeness (QED) is 0.406. The smallest absolute Gasteiger partial charge is 0.335 e. The van der Waals surface area contributed by atoms with E-state index in [9.17, 15) is 9.59 Å². The van der Waals surface area contributed by atoms with Crippen LogP contribution < -0.4 is 0 Å². The zero-order chi connectivity index (χ0) is 21.4. The summed E-state index contributed by atoms with van der Waals surface area (Å²) in [5.74, 6) is -1.01. The predicted octanol–water partition coefficient (Wildman–Crippen LogP) is 5.80. The number of aromatic carboxylic acids is 1. The number of benzene rings is 2. The molecule has 0 unspecified atom stereocenters. The van der Waals surface area contributed by atoms with Crippen molar-refractivity contribution in [3.05, 3.63) is 70.3 Å². The number of hydrogen-bond acceptors (Lipinski definition) is 3. The van der Waals surface area contributed by atoms with E-state index < -0.39 is 11.9 Å². The van der Waals surface area contributed by atoms with Crippen molar-refractivity contribution >= 4 is 23.8 Å². The van der Waals surface area contributed by atoms with Crippen LogP contribution >= 0.6 is 0 Å². The third-order valence-corrected chi connectivity index (χ3v) is 5.84. The highest BCUT2D eigenvalue weighted by Crippen LogP contribution is 2.46. The monoisotopic (exact) mass is 392 g/mol. The van der Waals surface area contributed by atoms with E-state index in [1.807, 2.05) is 6.08 Å². The lowest BCUT2D eigenvalue weighted by molar-refractivity contribution is -0.134. The molecular formula is C25H28O4. The highest BCUT2D eigenvalue weighted by molar-refractivity contribution is 5.89. The zero-order valence-electron chi connectivity index (χ0n) is 17.7. The van der Waals surface area contributed by atoms with Gasteiger partial charge in [0.15, 0.2) is 0 Å². The minimum Gasteiger partial charge on any atom is -0.478 e. The number of carboxylic acid groups (broad SMARTS) is 1. The van der Waals surface area contributed by atoms with Gasteiger partial charge in [0.25, 0.3) is 0 Å². The molecule has 0 bridgehead atoms. The molecule has 3 rings (SSSR count). The van der Waals surface area contributed by atoms with Gasteiger partial charge in [-0.05, 0) is 58.6 Å². The second-order valence-electron chi connectivity index (χ2n) is 9.06. The largest absolute Gasteiger partial charge is 0.478 e. The predicted molar refractivity (Wildman–Crippen MR) is 115 cm³/mol. The van der Waals surface area contributed by atoms with Gasteiger partial charge >= 0.3 is 11.9 Å². The number of carboxylic acids is 1. The summed E-state index contributed by atoms with van der Waals surface area (Å²) in [6, 6.07) is 12.7. The van der Waals surface area contributed by atoms with Crippen molar-refractivity contribution in [2.75, 3.05) is 0 Å². The maximum Gasteiger partial charge on any atom is 0.335 e. The molecule has 0 saturated carbocycles. The Hall–Kier alpha value is -2.88. The van der Waals surface area contributed by atoms with Crippen LogP contribution in [-0.4, -0.2) is 17.0 Å². The van der Waals surface area contributed by atoms with E-state index >= 15 is 0 Å². The van der Waals surface area contributed by atoms with Crippen molar-refractivity contribution in [3.8, 4) is 0 Å². The number of esters is 1. The molecule has 1 aliphatic rings. The first-order valence-corrected chi connectivity index (χ1v) is 9.88. The minimum atomic E-state index is -0.992. The first kappa shape index (κ1) is 20.8. The van der Waals surface area contributed by atoms with Crippen molar-refractivity contribution in [3.63, 3.8) is 0 Å². The van der Waals surface area contributed by atoms with Gasteiger partial charge in [0.2, 0.25) is 0 Å². The Morgan fingerprint density at radius 2 is 1.45 bits per heavy atom. The topological polar surface area (TPSA) is 63.6 Å². The molecule has 29 heavy (non-hydrogen) atoms. The van der Waals surface area contributed by atoms with Crippen molar-refractivity contribution in [2.24, 2.45) is 0 Å². The molecule has 0 aliphatic heterocycles. The van der Waals surface area contributed by atoms with E-state index in [1.165, 1.54) is 30.2 Å². The Morgan fingerprint density at radius 1 is 0.897 bits per heavy atom. The molecule has 0 radical (unpaired) electrons. The maximum absolute atomic E-state index is 11.7. The number of carbonyl (C=O) groups excluding carboxylic acids is 1. The van der Waals surface area contributed by atoms with E-state index in [0.717, 1.165) is 18.4 Å². The second-order valence-corrected chi connectivity index (χ2v) is 9.06. The summed E-state index contributed by atoms with van der Waals surface area (Å²) >= 11 is 0. The Bertz CT molecular complexity index is 978. The van der Waals surface area contributed by atoms with Crippen LogP contribution in [0, 0.1) is 0 Å². The summed E-state index contributed by atoms with van der Waals surface area (Å²) < 4.78 is 5.45. The van der Waals surface area contributed by atoms with Crippen LogP contribution in [0.1, 0.15) is 80.1 Å². The van der Waals surface area contributed by atoms with Crippen molar-refractivity contribution < 1.29 is 19.4 Å². The van der Waals surface area contributed by atoms with Crippen LogP contribution in [0.3, 0.4) is 0 Å². The van der Waals surface area contributed by atoms with Gasteiger partial charge in [-0.3, -0.25) is 4.79 Å². The van der Waals surface area contributed by atoms with E-state index in [4.69, 9.17) is 9.84 Å². The van der Waals surface area contributed by atoms with E-state index in [2.05, 4.69) is 45.9 Å². The Labute approximate surface area is 172 Å². The van der Waals surface area contributed by atoms with Crippen LogP contribution in [0.25, 0.3) is 11.8 Å². The second kappa shape index (κ2) is 7.51. The first-order valence-electron chi connectivity index (χ1n) is 9.88. The molecule has 0 atom stereocenters. The van der Waals surface area contributed by atoms with Gasteiger partial charge in [-0.1, -0.05) is 58.0 Å². The summed E-state index contributed by atoms with van der Waals surface area (Å²) in [5.41, 5.74) is 4.71. The number of hydrogen-bond donors (Lipinski definition) is 1. The van der Waals surface area contributed by atoms with Crippen molar-refractivity contribution in [2.45, 2.75) is 58.3 Å².